The predicted molar refractivity (Wildman–Crippen MR) is 117 cm³/mol. The van der Waals surface area contributed by atoms with E-state index in [-0.39, 0.29) is 11.7 Å². The molecule has 0 aliphatic rings. The second-order valence-corrected chi connectivity index (χ2v) is 7.43. The lowest BCUT2D eigenvalue weighted by Gasteiger charge is -2.10. The zero-order valence-corrected chi connectivity index (χ0v) is 17.0. The highest BCUT2D eigenvalue weighted by Crippen LogP contribution is 2.27. The molecule has 5 aromatic rings. The van der Waals surface area contributed by atoms with Crippen LogP contribution in [0.4, 0.5) is 5.82 Å². The normalized spacial score (nSPS) is 11.0. The van der Waals surface area contributed by atoms with Crippen LogP contribution in [0.15, 0.2) is 84.5 Å². The number of benzene rings is 1. The van der Waals surface area contributed by atoms with Crippen LogP contribution in [0.1, 0.15) is 0 Å². The van der Waals surface area contributed by atoms with Crippen LogP contribution in [0.2, 0.25) is 0 Å². The van der Waals surface area contributed by atoms with E-state index in [4.69, 9.17) is 0 Å². The summed E-state index contributed by atoms with van der Waals surface area (Å²) in [6.45, 7) is 0. The molecule has 152 valence electrons. The number of para-hydroxylation sites is 1. The Hall–Kier alpha value is -4.05. The van der Waals surface area contributed by atoms with Gasteiger partial charge in [-0.3, -0.25) is 14.3 Å². The molecule has 1 amide bonds. The first-order chi connectivity index (χ1) is 15.3. The number of thioether (sulfide) groups is 1. The van der Waals surface area contributed by atoms with E-state index in [1.54, 1.807) is 41.4 Å². The number of carbonyl (C=O) groups excluding carboxylic acids is 1. The van der Waals surface area contributed by atoms with Gasteiger partial charge in [0.05, 0.1) is 11.9 Å². The number of anilines is 1. The fraction of sp³-hybridized carbons (Fsp3) is 0.0476. The third kappa shape index (κ3) is 3.88. The van der Waals surface area contributed by atoms with Crippen molar-refractivity contribution < 1.29 is 4.79 Å². The Balaban J connectivity index is 1.40. The number of pyridine rings is 1. The maximum atomic E-state index is 12.6. The lowest BCUT2D eigenvalue weighted by Crippen LogP contribution is -2.17. The number of fused-ring (bicyclic) bond motifs is 1. The molecule has 10 heteroatoms. The minimum Gasteiger partial charge on any atom is -0.310 e. The first kappa shape index (κ1) is 18.9. The van der Waals surface area contributed by atoms with Gasteiger partial charge in [0.2, 0.25) is 5.91 Å². The summed E-state index contributed by atoms with van der Waals surface area (Å²) in [4.78, 5) is 21.0. The second kappa shape index (κ2) is 8.36. The van der Waals surface area contributed by atoms with Crippen LogP contribution < -0.4 is 5.32 Å². The summed E-state index contributed by atoms with van der Waals surface area (Å²) in [5.41, 5.74) is 2.41. The molecule has 0 fully saturated rings. The molecule has 1 N–H and O–H groups in total. The maximum absolute atomic E-state index is 12.6. The van der Waals surface area contributed by atoms with Crippen LogP contribution in [0, 0.1) is 0 Å². The Morgan fingerprint density at radius 2 is 1.87 bits per heavy atom. The molecule has 5 rings (SSSR count). The molecule has 4 aromatic heterocycles. The van der Waals surface area contributed by atoms with E-state index >= 15 is 0 Å². The summed E-state index contributed by atoms with van der Waals surface area (Å²) in [7, 11) is 0. The van der Waals surface area contributed by atoms with Crippen molar-refractivity contribution in [3.8, 4) is 17.1 Å². The van der Waals surface area contributed by atoms with Crippen LogP contribution in [0.3, 0.4) is 0 Å². The van der Waals surface area contributed by atoms with Gasteiger partial charge in [0.1, 0.15) is 5.82 Å². The molecule has 0 aliphatic carbocycles. The number of nitrogens with one attached hydrogen (secondary N) is 1. The molecular weight excluding hydrogens is 412 g/mol. The van der Waals surface area contributed by atoms with Crippen molar-refractivity contribution >= 4 is 29.1 Å². The fourth-order valence-corrected chi connectivity index (χ4v) is 3.85. The van der Waals surface area contributed by atoms with Crippen LogP contribution in [-0.4, -0.2) is 46.0 Å². The summed E-state index contributed by atoms with van der Waals surface area (Å²) in [6.07, 6.45) is 6.72. The first-order valence-electron chi connectivity index (χ1n) is 9.42. The Labute approximate surface area is 181 Å². The summed E-state index contributed by atoms with van der Waals surface area (Å²) in [5, 5.41) is 16.4. The number of amides is 1. The minimum atomic E-state index is -0.182. The van der Waals surface area contributed by atoms with Crippen molar-refractivity contribution in [2.24, 2.45) is 0 Å². The molecule has 4 heterocycles. The SMILES string of the molecule is O=C(CSc1nnc(-c2cccnc2)n1-c1ccccc1)Nc1ccnc2ccnn12. The zero-order chi connectivity index (χ0) is 21.0. The van der Waals surface area contributed by atoms with Gasteiger partial charge in [-0.2, -0.15) is 9.61 Å². The van der Waals surface area contributed by atoms with Gasteiger partial charge >= 0.3 is 0 Å². The highest BCUT2D eigenvalue weighted by molar-refractivity contribution is 7.99. The Morgan fingerprint density at radius 3 is 2.71 bits per heavy atom. The number of aromatic nitrogens is 7. The van der Waals surface area contributed by atoms with Crippen molar-refractivity contribution in [1.29, 1.82) is 0 Å². The molecular formula is C21H16N8OS. The third-order valence-corrected chi connectivity index (χ3v) is 5.39. The molecule has 0 aliphatic heterocycles. The Kier molecular flexibility index (Phi) is 5.11. The summed E-state index contributed by atoms with van der Waals surface area (Å²) < 4.78 is 3.50. The lowest BCUT2D eigenvalue weighted by molar-refractivity contribution is -0.113. The van der Waals surface area contributed by atoms with E-state index in [9.17, 15) is 4.79 Å². The third-order valence-electron chi connectivity index (χ3n) is 4.46. The summed E-state index contributed by atoms with van der Waals surface area (Å²) >= 11 is 1.30. The second-order valence-electron chi connectivity index (χ2n) is 6.49. The predicted octanol–water partition coefficient (Wildman–Crippen LogP) is 3.10. The monoisotopic (exact) mass is 428 g/mol. The summed E-state index contributed by atoms with van der Waals surface area (Å²) in [6, 6.07) is 17.0. The number of nitrogens with zero attached hydrogens (tertiary/aromatic N) is 7. The number of hydrogen-bond acceptors (Lipinski definition) is 7. The van der Waals surface area contributed by atoms with Crippen molar-refractivity contribution in [2.75, 3.05) is 11.1 Å². The lowest BCUT2D eigenvalue weighted by atomic mass is 10.2. The number of hydrogen-bond donors (Lipinski definition) is 1. The van der Waals surface area contributed by atoms with Crippen LogP contribution in [-0.2, 0) is 4.79 Å². The standard InChI is InChI=1S/C21H16N8OS/c30-19(25-18-8-11-23-17-9-12-24-29(17)18)14-31-21-27-26-20(15-5-4-10-22-13-15)28(21)16-6-2-1-3-7-16/h1-13H,14H2,(H,25,30). The van der Waals surface area contributed by atoms with E-state index in [0.717, 1.165) is 11.3 Å². The molecule has 9 nitrogen and oxygen atoms in total. The van der Waals surface area contributed by atoms with E-state index in [1.165, 1.54) is 11.8 Å². The van der Waals surface area contributed by atoms with Gasteiger partial charge in [0.25, 0.3) is 0 Å². The van der Waals surface area contributed by atoms with Crippen molar-refractivity contribution in [1.82, 2.24) is 34.3 Å². The molecule has 0 unspecified atom stereocenters. The minimum absolute atomic E-state index is 0.156. The quantitative estimate of drug-likeness (QED) is 0.415. The van der Waals surface area contributed by atoms with Crippen molar-refractivity contribution in [2.45, 2.75) is 5.16 Å². The van der Waals surface area contributed by atoms with Crippen LogP contribution in [0.5, 0.6) is 0 Å². The van der Waals surface area contributed by atoms with Crippen LogP contribution in [0.25, 0.3) is 22.7 Å². The molecule has 0 spiro atoms. The van der Waals surface area contributed by atoms with Crippen molar-refractivity contribution in [3.05, 3.63) is 79.4 Å². The highest BCUT2D eigenvalue weighted by Gasteiger charge is 2.17. The molecule has 0 saturated heterocycles. The molecule has 0 radical (unpaired) electrons. The van der Waals surface area contributed by atoms with E-state index in [1.807, 2.05) is 47.0 Å². The number of carbonyl (C=O) groups is 1. The average Bonchev–Trinajstić information content (AvgIpc) is 3.47. The van der Waals surface area contributed by atoms with E-state index in [2.05, 4.69) is 30.6 Å². The first-order valence-corrected chi connectivity index (χ1v) is 10.4. The van der Waals surface area contributed by atoms with Gasteiger partial charge in [-0.15, -0.1) is 10.2 Å². The smallest absolute Gasteiger partial charge is 0.236 e. The molecule has 1 aromatic carbocycles. The van der Waals surface area contributed by atoms with Gasteiger partial charge < -0.3 is 5.32 Å². The largest absolute Gasteiger partial charge is 0.310 e. The van der Waals surface area contributed by atoms with Crippen LogP contribution >= 0.6 is 11.8 Å². The summed E-state index contributed by atoms with van der Waals surface area (Å²) in [5.74, 6) is 1.19. The Morgan fingerprint density at radius 1 is 0.968 bits per heavy atom. The maximum Gasteiger partial charge on any atom is 0.236 e. The van der Waals surface area contributed by atoms with Gasteiger partial charge in [-0.1, -0.05) is 30.0 Å². The van der Waals surface area contributed by atoms with Gasteiger partial charge in [0, 0.05) is 35.9 Å². The highest BCUT2D eigenvalue weighted by atomic mass is 32.2. The fourth-order valence-electron chi connectivity index (χ4n) is 3.09. The van der Waals surface area contributed by atoms with Gasteiger partial charge in [-0.25, -0.2) is 4.98 Å². The molecule has 0 atom stereocenters. The van der Waals surface area contributed by atoms with E-state index in [0.29, 0.717) is 22.4 Å². The average molecular weight is 428 g/mol. The van der Waals surface area contributed by atoms with E-state index < -0.39 is 0 Å². The molecule has 0 bridgehead atoms. The number of rotatable bonds is 6. The van der Waals surface area contributed by atoms with Crippen molar-refractivity contribution in [3.63, 3.8) is 0 Å². The molecule has 31 heavy (non-hydrogen) atoms. The van der Waals surface area contributed by atoms with Gasteiger partial charge in [0.15, 0.2) is 16.6 Å². The zero-order valence-electron chi connectivity index (χ0n) is 16.2. The Bertz CT molecular complexity index is 1330. The molecule has 0 saturated carbocycles. The topological polar surface area (TPSA) is 103 Å². The van der Waals surface area contributed by atoms with Gasteiger partial charge in [-0.05, 0) is 30.3 Å².